The number of hydrogen-bond donors (Lipinski definition) is 0. The molecule has 0 radical (unpaired) electrons. The topological polar surface area (TPSA) is 89.5 Å². The van der Waals surface area contributed by atoms with Gasteiger partial charge in [-0.25, -0.2) is 17.6 Å². The average Bonchev–Trinajstić information content (AvgIpc) is 2.73. The van der Waals surface area contributed by atoms with Gasteiger partial charge in [0.15, 0.2) is 9.84 Å². The van der Waals surface area contributed by atoms with Crippen LogP contribution in [0.25, 0.3) is 11.4 Å². The van der Waals surface area contributed by atoms with E-state index in [9.17, 15) is 39.6 Å². The largest absolute Gasteiger partial charge is 0.455 e. The normalized spacial score (nSPS) is 15.2. The Balaban J connectivity index is 2.11. The van der Waals surface area contributed by atoms with E-state index in [0.29, 0.717) is 0 Å². The molecule has 0 saturated heterocycles. The Kier molecular flexibility index (Phi) is 6.35. The first-order chi connectivity index (χ1) is 15.5. The minimum Gasteiger partial charge on any atom is -0.444 e. The molecule has 0 aromatic carbocycles. The van der Waals surface area contributed by atoms with Crippen LogP contribution in [0.15, 0.2) is 29.4 Å². The van der Waals surface area contributed by atoms with Crippen molar-refractivity contribution >= 4 is 21.6 Å². The van der Waals surface area contributed by atoms with E-state index in [1.54, 1.807) is 0 Å². The highest BCUT2D eigenvalue weighted by Gasteiger charge is 2.59. The number of carbonyl (C=O) groups excluding carboxylic acids is 1. The van der Waals surface area contributed by atoms with E-state index >= 15 is 0 Å². The highest BCUT2D eigenvalue weighted by molar-refractivity contribution is 7.91. The average molecular weight is 511 g/mol. The van der Waals surface area contributed by atoms with E-state index in [-0.39, 0.29) is 43.8 Å². The van der Waals surface area contributed by atoms with Crippen LogP contribution in [0.1, 0.15) is 31.9 Å². The van der Waals surface area contributed by atoms with Gasteiger partial charge in [-0.15, -0.1) is 0 Å². The van der Waals surface area contributed by atoms with E-state index in [1.165, 1.54) is 20.8 Å². The number of pyridine rings is 2. The van der Waals surface area contributed by atoms with Gasteiger partial charge in [0.25, 0.3) is 0 Å². The zero-order chi connectivity index (χ0) is 25.7. The summed E-state index contributed by atoms with van der Waals surface area (Å²) in [6.07, 6.45) is -5.36. The molecule has 0 spiro atoms. The van der Waals surface area contributed by atoms with Crippen molar-refractivity contribution in [2.75, 3.05) is 17.2 Å². The van der Waals surface area contributed by atoms with Crippen molar-refractivity contribution < 1.29 is 44.3 Å². The van der Waals surface area contributed by atoms with Crippen LogP contribution in [0.4, 0.5) is 36.8 Å². The lowest BCUT2D eigenvalue weighted by Gasteiger charge is -2.32. The quantitative estimate of drug-likeness (QED) is 0.518. The maximum atomic E-state index is 14.4. The van der Waals surface area contributed by atoms with E-state index < -0.39 is 46.8 Å². The van der Waals surface area contributed by atoms with Crippen molar-refractivity contribution in [3.05, 3.63) is 35.7 Å². The molecule has 0 atom stereocenters. The van der Waals surface area contributed by atoms with Gasteiger partial charge in [0.05, 0.1) is 28.2 Å². The van der Waals surface area contributed by atoms with Gasteiger partial charge in [-0.3, -0.25) is 14.9 Å². The van der Waals surface area contributed by atoms with Gasteiger partial charge in [-0.2, -0.15) is 22.0 Å². The lowest BCUT2D eigenvalue weighted by atomic mass is 10.0. The van der Waals surface area contributed by atoms with Crippen molar-refractivity contribution in [3.8, 4) is 11.4 Å². The maximum absolute atomic E-state index is 14.4. The molecule has 0 unspecified atom stereocenters. The van der Waals surface area contributed by atoms with Crippen molar-refractivity contribution in [3.63, 3.8) is 0 Å². The number of nitrogens with zero attached hydrogens (tertiary/aromatic N) is 3. The Morgan fingerprint density at radius 2 is 1.71 bits per heavy atom. The third-order valence-electron chi connectivity index (χ3n) is 5.10. The second kappa shape index (κ2) is 8.40. The summed E-state index contributed by atoms with van der Waals surface area (Å²) in [6, 6.07) is 2.27. The summed E-state index contributed by atoms with van der Waals surface area (Å²) in [7, 11) is -3.93. The fourth-order valence-corrected chi connectivity index (χ4v) is 4.16. The summed E-state index contributed by atoms with van der Waals surface area (Å²) in [5.74, 6) is -5.57. The number of hydrogen-bond acceptors (Lipinski definition) is 6. The van der Waals surface area contributed by atoms with Crippen LogP contribution >= 0.6 is 0 Å². The molecular formula is C20H19F6N3O4S. The third-order valence-corrected chi connectivity index (χ3v) is 6.84. The number of fused-ring (bicyclic) bond motifs is 1. The molecule has 1 amide bonds. The third kappa shape index (κ3) is 4.81. The number of carbonyl (C=O) groups is 1. The van der Waals surface area contributed by atoms with Gasteiger partial charge >= 0.3 is 18.2 Å². The Hall–Kier alpha value is -2.90. The summed E-state index contributed by atoms with van der Waals surface area (Å²) >= 11 is 0. The SMILES string of the molecule is CCS(=O)(=O)c1cc(C(C)(C)F)cnc1-c1cc2c(cn1)N(CC(F)(F)C(F)(F)F)C(=O)OC2. The Bertz CT molecular complexity index is 1230. The number of alkyl halides is 6. The van der Waals surface area contributed by atoms with Crippen LogP contribution in [0.2, 0.25) is 0 Å². The molecule has 3 rings (SSSR count). The number of rotatable bonds is 6. The number of amides is 1. The van der Waals surface area contributed by atoms with Crippen molar-refractivity contribution in [2.45, 2.75) is 50.0 Å². The van der Waals surface area contributed by atoms with Crippen LogP contribution in [-0.4, -0.2) is 48.9 Å². The summed E-state index contributed by atoms with van der Waals surface area (Å²) in [4.78, 5) is 19.7. The van der Waals surface area contributed by atoms with Gasteiger partial charge in [0, 0.05) is 17.3 Å². The fourth-order valence-electron chi connectivity index (χ4n) is 3.09. The molecule has 186 valence electrons. The molecule has 0 fully saturated rings. The summed E-state index contributed by atoms with van der Waals surface area (Å²) in [5, 5.41) is 0. The summed E-state index contributed by atoms with van der Waals surface area (Å²) in [6.45, 7) is 1.27. The predicted molar refractivity (Wildman–Crippen MR) is 108 cm³/mol. The van der Waals surface area contributed by atoms with Gasteiger partial charge < -0.3 is 4.74 Å². The van der Waals surface area contributed by atoms with Crippen LogP contribution in [0.5, 0.6) is 0 Å². The van der Waals surface area contributed by atoms with Gasteiger partial charge in [0.2, 0.25) is 0 Å². The first-order valence-corrected chi connectivity index (χ1v) is 11.4. The molecule has 0 N–H and O–H groups in total. The second-order valence-corrected chi connectivity index (χ2v) is 10.2. The highest BCUT2D eigenvalue weighted by atomic mass is 32.2. The van der Waals surface area contributed by atoms with Crippen molar-refractivity contribution in [1.82, 2.24) is 9.97 Å². The zero-order valence-electron chi connectivity index (χ0n) is 18.1. The number of aromatic nitrogens is 2. The van der Waals surface area contributed by atoms with Crippen LogP contribution in [0, 0.1) is 0 Å². The highest BCUT2D eigenvalue weighted by Crippen LogP contribution is 2.39. The molecular weight excluding hydrogens is 492 g/mol. The molecule has 14 heteroatoms. The Morgan fingerprint density at radius 3 is 2.26 bits per heavy atom. The zero-order valence-corrected chi connectivity index (χ0v) is 18.9. The van der Waals surface area contributed by atoms with E-state index in [0.717, 1.165) is 24.5 Å². The number of sulfone groups is 1. The van der Waals surface area contributed by atoms with E-state index in [4.69, 9.17) is 4.74 Å². The molecule has 2 aromatic rings. The minimum atomic E-state index is -5.91. The summed E-state index contributed by atoms with van der Waals surface area (Å²) in [5.41, 5.74) is -2.55. The van der Waals surface area contributed by atoms with Crippen LogP contribution < -0.4 is 4.90 Å². The number of cyclic esters (lactones) is 1. The molecule has 7 nitrogen and oxygen atoms in total. The molecule has 1 aliphatic rings. The van der Waals surface area contributed by atoms with Gasteiger partial charge in [-0.05, 0) is 26.0 Å². The van der Waals surface area contributed by atoms with Crippen LogP contribution in [-0.2, 0) is 26.8 Å². The molecule has 2 aromatic heterocycles. The van der Waals surface area contributed by atoms with Crippen LogP contribution in [0.3, 0.4) is 0 Å². The van der Waals surface area contributed by atoms with E-state index in [1.807, 2.05) is 0 Å². The first-order valence-electron chi connectivity index (χ1n) is 9.78. The maximum Gasteiger partial charge on any atom is 0.455 e. The van der Waals surface area contributed by atoms with Crippen molar-refractivity contribution in [1.29, 1.82) is 0 Å². The standard InChI is InChI=1S/C20H19F6N3O4S/c1-4-34(31,32)15-6-12(18(2,3)21)7-28-16(15)13-5-11-9-33-17(30)29(14(11)8-27-13)10-19(22,23)20(24,25)26/h5-8H,4,9-10H2,1-3H3. The lowest BCUT2D eigenvalue weighted by molar-refractivity contribution is -0.276. The second-order valence-electron chi connectivity index (χ2n) is 7.99. The minimum absolute atomic E-state index is 0.000816. The van der Waals surface area contributed by atoms with E-state index in [2.05, 4.69) is 9.97 Å². The molecule has 3 heterocycles. The number of anilines is 1. The monoisotopic (exact) mass is 511 g/mol. The fraction of sp³-hybridized carbons (Fsp3) is 0.450. The molecule has 0 saturated carbocycles. The van der Waals surface area contributed by atoms with Gasteiger partial charge in [0.1, 0.15) is 24.5 Å². The Labute approximate surface area is 190 Å². The molecule has 0 aliphatic carbocycles. The molecule has 0 bridgehead atoms. The predicted octanol–water partition coefficient (Wildman–Crippen LogP) is 4.80. The lowest BCUT2D eigenvalue weighted by Crippen LogP contribution is -2.50. The number of ether oxygens (including phenoxy) is 1. The molecule has 34 heavy (non-hydrogen) atoms. The van der Waals surface area contributed by atoms with Crippen molar-refractivity contribution in [2.24, 2.45) is 0 Å². The summed E-state index contributed by atoms with van der Waals surface area (Å²) < 4.78 is 110. The molecule has 1 aliphatic heterocycles. The smallest absolute Gasteiger partial charge is 0.444 e. The van der Waals surface area contributed by atoms with Gasteiger partial charge in [-0.1, -0.05) is 6.92 Å². The Morgan fingerprint density at radius 1 is 1.06 bits per heavy atom. The first kappa shape index (κ1) is 25.7. The number of halogens is 6.